The smallest absolute Gasteiger partial charge is 0.326 e. The van der Waals surface area contributed by atoms with Crippen LogP contribution >= 0.6 is 0 Å². The molecule has 2 rings (SSSR count). The highest BCUT2D eigenvalue weighted by Crippen LogP contribution is 2.20. The SMILES string of the molecule is CC(C)CC(NC(=O)C1CCCN1C(=O)C(C)NC(=O)CNC(=O)C(NC(=O)C(CC(C)C)NC(=O)C(CC(C)C)NC(=O)C(CC(=O)O)NC(=O)C(N)Cc1cnc[nH]1)C(C)C)C(=O)O. The van der Waals surface area contributed by atoms with Crippen molar-refractivity contribution >= 4 is 59.2 Å². The van der Waals surface area contributed by atoms with Crippen LogP contribution in [-0.2, 0) is 54.4 Å². The van der Waals surface area contributed by atoms with Gasteiger partial charge in [0, 0.05) is 24.9 Å². The lowest BCUT2D eigenvalue weighted by molar-refractivity contribution is -0.145. The van der Waals surface area contributed by atoms with Gasteiger partial charge in [0.1, 0.15) is 42.3 Å². The van der Waals surface area contributed by atoms with Crippen LogP contribution in [-0.4, -0.2) is 146 Å². The lowest BCUT2D eigenvalue weighted by Gasteiger charge is -2.29. The van der Waals surface area contributed by atoms with Gasteiger partial charge >= 0.3 is 11.9 Å². The maximum atomic E-state index is 13.8. The van der Waals surface area contributed by atoms with E-state index in [1.54, 1.807) is 41.5 Å². The molecule has 2 heterocycles. The first-order chi connectivity index (χ1) is 30.8. The van der Waals surface area contributed by atoms with Crippen molar-refractivity contribution in [3.05, 3.63) is 18.2 Å². The van der Waals surface area contributed by atoms with E-state index >= 15 is 0 Å². The molecule has 23 heteroatoms. The van der Waals surface area contributed by atoms with Crippen molar-refractivity contribution in [2.24, 2.45) is 29.4 Å². The first kappa shape index (κ1) is 56.0. The molecule has 0 spiro atoms. The Bertz CT molecular complexity index is 1860. The minimum Gasteiger partial charge on any atom is -0.481 e. The highest BCUT2D eigenvalue weighted by molar-refractivity contribution is 5.98. The molecule has 0 saturated carbocycles. The highest BCUT2D eigenvalue weighted by atomic mass is 16.4. The number of nitrogens with zero attached hydrogens (tertiary/aromatic N) is 2. The van der Waals surface area contributed by atoms with Crippen molar-refractivity contribution in [3.63, 3.8) is 0 Å². The fourth-order valence-corrected chi connectivity index (χ4v) is 7.27. The minimum absolute atomic E-state index is 0.00955. The van der Waals surface area contributed by atoms with Gasteiger partial charge in [-0.2, -0.15) is 0 Å². The molecule has 1 saturated heterocycles. The van der Waals surface area contributed by atoms with Gasteiger partial charge in [0.15, 0.2) is 0 Å². The number of hydrogen-bond acceptors (Lipinski definition) is 12. The molecule has 66 heavy (non-hydrogen) atoms. The Labute approximate surface area is 385 Å². The van der Waals surface area contributed by atoms with Gasteiger partial charge in [-0.1, -0.05) is 55.4 Å². The molecule has 1 aromatic heterocycles. The number of carboxylic acid groups (broad SMARTS) is 2. The van der Waals surface area contributed by atoms with Crippen molar-refractivity contribution in [3.8, 4) is 0 Å². The average molecular weight is 934 g/mol. The van der Waals surface area contributed by atoms with Gasteiger partial charge in [-0.3, -0.25) is 43.2 Å². The van der Waals surface area contributed by atoms with Gasteiger partial charge in [0.25, 0.3) is 0 Å². The number of likely N-dealkylation sites (tertiary alicyclic amines) is 1. The van der Waals surface area contributed by atoms with Crippen LogP contribution in [0.4, 0.5) is 0 Å². The van der Waals surface area contributed by atoms with Gasteiger partial charge in [0.2, 0.25) is 47.3 Å². The monoisotopic (exact) mass is 934 g/mol. The van der Waals surface area contributed by atoms with Gasteiger partial charge in [-0.25, -0.2) is 9.78 Å². The normalized spacial score (nSPS) is 16.9. The molecular weight excluding hydrogens is 863 g/mol. The van der Waals surface area contributed by atoms with Crippen molar-refractivity contribution in [1.82, 2.24) is 52.1 Å². The quantitative estimate of drug-likeness (QED) is 0.0487. The Kier molecular flexibility index (Phi) is 22.7. The van der Waals surface area contributed by atoms with Crippen LogP contribution < -0.4 is 43.0 Å². The standard InChI is InChI=1S/C43H71N11O12/c1-21(2)13-28(50-38(60)30(17-34(56)57)49-36(58)27(44)16-26-18-45-20-47-26)37(59)51-29(14-22(3)4)39(61)53-35(24(7)8)41(63)46-19-33(55)48-25(9)42(64)54-12-10-11-32(54)40(62)52-31(43(65)66)15-23(5)6/h18,20-25,27-32,35H,10-17,19,44H2,1-9H3,(H,45,47)(H,46,63)(H,48,55)(H,49,58)(H,50,60)(H,51,59)(H,52,62)(H,53,61)(H,56,57)(H,65,66). The molecule has 1 aliphatic rings. The lowest BCUT2D eigenvalue weighted by Crippen LogP contribution is -2.60. The molecule has 23 nitrogen and oxygen atoms in total. The second kappa shape index (κ2) is 26.7. The number of hydrogen-bond donors (Lipinski definition) is 11. The third-order valence-electron chi connectivity index (χ3n) is 10.6. The molecular formula is C43H71N11O12. The van der Waals surface area contributed by atoms with Crippen LogP contribution in [0.1, 0.15) is 107 Å². The fourth-order valence-electron chi connectivity index (χ4n) is 7.27. The van der Waals surface area contributed by atoms with E-state index in [1.165, 1.54) is 24.3 Å². The number of rotatable bonds is 27. The van der Waals surface area contributed by atoms with Gasteiger partial charge < -0.3 is 63.0 Å². The number of carboxylic acids is 2. The number of nitrogens with two attached hydrogens (primary N) is 1. The zero-order chi connectivity index (χ0) is 50.0. The number of aromatic amines is 1. The van der Waals surface area contributed by atoms with Crippen molar-refractivity contribution < 1.29 is 58.2 Å². The summed E-state index contributed by atoms with van der Waals surface area (Å²) in [6, 6.07) is -9.64. The topological polar surface area (TPSA) is 353 Å². The number of imidazole rings is 1. The number of carbonyl (C=O) groups excluding carboxylic acids is 8. The Balaban J connectivity index is 2.10. The predicted octanol–water partition coefficient (Wildman–Crippen LogP) is -1.33. The molecule has 1 aromatic rings. The van der Waals surface area contributed by atoms with Gasteiger partial charge in [-0.05, 0) is 62.7 Å². The summed E-state index contributed by atoms with van der Waals surface area (Å²) in [5.74, 6) is -9.44. The predicted molar refractivity (Wildman–Crippen MR) is 238 cm³/mol. The van der Waals surface area contributed by atoms with E-state index in [0.29, 0.717) is 18.5 Å². The molecule has 8 atom stereocenters. The average Bonchev–Trinajstić information content (AvgIpc) is 3.92. The summed E-state index contributed by atoms with van der Waals surface area (Å²) in [6.45, 7) is 15.1. The number of H-pyrrole nitrogens is 1. The van der Waals surface area contributed by atoms with Crippen LogP contribution in [0.5, 0.6) is 0 Å². The van der Waals surface area contributed by atoms with Gasteiger partial charge in [-0.15, -0.1) is 0 Å². The molecule has 0 aliphatic carbocycles. The van der Waals surface area contributed by atoms with Crippen LogP contribution in [0.3, 0.4) is 0 Å². The molecule has 12 N–H and O–H groups in total. The third kappa shape index (κ3) is 18.8. The number of carbonyl (C=O) groups is 10. The number of amides is 8. The molecule has 0 aromatic carbocycles. The summed E-state index contributed by atoms with van der Waals surface area (Å²) in [5, 5.41) is 36.8. The maximum absolute atomic E-state index is 13.8. The summed E-state index contributed by atoms with van der Waals surface area (Å²) in [6.07, 6.45) is 3.20. The molecule has 8 unspecified atom stereocenters. The lowest BCUT2D eigenvalue weighted by atomic mass is 9.98. The van der Waals surface area contributed by atoms with Crippen molar-refractivity contribution in [1.29, 1.82) is 0 Å². The largest absolute Gasteiger partial charge is 0.481 e. The number of aromatic nitrogens is 2. The highest BCUT2D eigenvalue weighted by Gasteiger charge is 2.39. The fraction of sp³-hybridized carbons (Fsp3) is 0.698. The summed E-state index contributed by atoms with van der Waals surface area (Å²) < 4.78 is 0. The molecule has 1 aliphatic heterocycles. The van der Waals surface area contributed by atoms with Crippen LogP contribution in [0.2, 0.25) is 0 Å². The van der Waals surface area contributed by atoms with E-state index in [9.17, 15) is 58.2 Å². The Morgan fingerprint density at radius 1 is 0.712 bits per heavy atom. The van der Waals surface area contributed by atoms with Gasteiger partial charge in [0.05, 0.1) is 25.3 Å². The number of aliphatic carboxylic acids is 2. The van der Waals surface area contributed by atoms with Crippen LogP contribution in [0.15, 0.2) is 12.5 Å². The van der Waals surface area contributed by atoms with E-state index in [-0.39, 0.29) is 50.0 Å². The van der Waals surface area contributed by atoms with Crippen LogP contribution in [0.25, 0.3) is 0 Å². The van der Waals surface area contributed by atoms with E-state index in [0.717, 1.165) is 0 Å². The second-order valence-corrected chi connectivity index (χ2v) is 18.4. The minimum atomic E-state index is -1.61. The summed E-state index contributed by atoms with van der Waals surface area (Å²) in [7, 11) is 0. The summed E-state index contributed by atoms with van der Waals surface area (Å²) in [5.41, 5.74) is 6.52. The molecule has 0 radical (unpaired) electrons. The van der Waals surface area contributed by atoms with Crippen LogP contribution in [0, 0.1) is 23.7 Å². The second-order valence-electron chi connectivity index (χ2n) is 18.4. The molecule has 1 fully saturated rings. The molecule has 0 bridgehead atoms. The maximum Gasteiger partial charge on any atom is 0.326 e. The zero-order valence-electron chi connectivity index (χ0n) is 39.4. The van der Waals surface area contributed by atoms with E-state index in [2.05, 4.69) is 47.2 Å². The number of nitrogens with one attached hydrogen (secondary N) is 8. The molecule has 8 amide bonds. The van der Waals surface area contributed by atoms with Crippen molar-refractivity contribution in [2.75, 3.05) is 13.1 Å². The Hall–Kier alpha value is -6.13. The van der Waals surface area contributed by atoms with E-state index in [4.69, 9.17) is 5.73 Å². The zero-order valence-corrected chi connectivity index (χ0v) is 39.4. The summed E-state index contributed by atoms with van der Waals surface area (Å²) in [4.78, 5) is 138. The first-order valence-electron chi connectivity index (χ1n) is 22.4. The Morgan fingerprint density at radius 3 is 1.74 bits per heavy atom. The summed E-state index contributed by atoms with van der Waals surface area (Å²) >= 11 is 0. The van der Waals surface area contributed by atoms with Crippen molar-refractivity contribution in [2.45, 2.75) is 156 Å². The molecule has 370 valence electrons. The van der Waals surface area contributed by atoms with E-state index < -0.39 is 126 Å². The first-order valence-corrected chi connectivity index (χ1v) is 22.4. The Morgan fingerprint density at radius 2 is 1.24 bits per heavy atom. The van der Waals surface area contributed by atoms with E-state index in [1.807, 2.05) is 13.8 Å². The third-order valence-corrected chi connectivity index (χ3v) is 10.6.